The van der Waals surface area contributed by atoms with Crippen molar-refractivity contribution < 1.29 is 5.11 Å². The lowest BCUT2D eigenvalue weighted by molar-refractivity contribution is 0.191. The molecule has 0 saturated carbocycles. The molecule has 3 heteroatoms. The van der Waals surface area contributed by atoms with E-state index >= 15 is 0 Å². The van der Waals surface area contributed by atoms with Gasteiger partial charge in [0.1, 0.15) is 0 Å². The summed E-state index contributed by atoms with van der Waals surface area (Å²) in [5.41, 5.74) is 0. The van der Waals surface area contributed by atoms with Gasteiger partial charge in [-0.3, -0.25) is 0 Å². The van der Waals surface area contributed by atoms with Crippen molar-refractivity contribution in [2.45, 2.75) is 12.5 Å². The highest BCUT2D eigenvalue weighted by Crippen LogP contribution is 2.20. The van der Waals surface area contributed by atoms with Gasteiger partial charge in [0.05, 0.1) is 6.10 Å². The van der Waals surface area contributed by atoms with Crippen molar-refractivity contribution in [3.63, 3.8) is 0 Å². The van der Waals surface area contributed by atoms with Crippen molar-refractivity contribution in [1.82, 2.24) is 0 Å². The zero-order valence-electron chi connectivity index (χ0n) is 6.40. The molecule has 1 heterocycles. The van der Waals surface area contributed by atoms with Gasteiger partial charge in [0, 0.05) is 24.6 Å². The molecule has 0 unspecified atom stereocenters. The fourth-order valence-electron chi connectivity index (χ4n) is 0.802. The lowest BCUT2D eigenvalue weighted by atomic mass is 10.2. The predicted octanol–water partition coefficient (Wildman–Crippen LogP) is 1.87. The first kappa shape index (κ1) is 8.43. The van der Waals surface area contributed by atoms with Crippen LogP contribution in [0.25, 0.3) is 0 Å². The number of rotatable bonds is 3. The molecule has 0 aliphatic rings. The summed E-state index contributed by atoms with van der Waals surface area (Å²) >= 11 is 1.57. The van der Waals surface area contributed by atoms with E-state index in [-0.39, 0.29) is 6.10 Å². The minimum atomic E-state index is -0.376. The monoisotopic (exact) mass is 169 g/mol. The number of hydrogen-bond acceptors (Lipinski definition) is 3. The van der Waals surface area contributed by atoms with Crippen LogP contribution in [0.3, 0.4) is 0 Å². The van der Waals surface area contributed by atoms with Crippen LogP contribution < -0.4 is 0 Å². The average Bonchev–Trinajstić information content (AvgIpc) is 2.52. The SMILES string of the molecule is CN=CC[C@@H](O)c1cccs1. The summed E-state index contributed by atoms with van der Waals surface area (Å²) < 4.78 is 0. The van der Waals surface area contributed by atoms with E-state index in [4.69, 9.17) is 0 Å². The zero-order chi connectivity index (χ0) is 8.10. The molecule has 0 aliphatic carbocycles. The summed E-state index contributed by atoms with van der Waals surface area (Å²) in [6.45, 7) is 0. The molecule has 1 N–H and O–H groups in total. The molecule has 11 heavy (non-hydrogen) atoms. The molecule has 1 atom stereocenters. The lowest BCUT2D eigenvalue weighted by Crippen LogP contribution is -1.94. The Hall–Kier alpha value is -0.670. The molecule has 0 saturated heterocycles. The molecule has 0 fully saturated rings. The van der Waals surface area contributed by atoms with Gasteiger partial charge in [-0.05, 0) is 11.4 Å². The second-order valence-corrected chi connectivity index (χ2v) is 3.19. The van der Waals surface area contributed by atoms with E-state index in [9.17, 15) is 5.11 Å². The minimum absolute atomic E-state index is 0.376. The number of aliphatic hydroxyl groups excluding tert-OH is 1. The van der Waals surface area contributed by atoms with Crippen LogP contribution in [0.1, 0.15) is 17.4 Å². The van der Waals surface area contributed by atoms with Gasteiger partial charge >= 0.3 is 0 Å². The van der Waals surface area contributed by atoms with Crippen LogP contribution >= 0.6 is 11.3 Å². The van der Waals surface area contributed by atoms with E-state index in [2.05, 4.69) is 4.99 Å². The Labute approximate surface area is 70.2 Å². The quantitative estimate of drug-likeness (QED) is 0.688. The number of nitrogens with zero attached hydrogens (tertiary/aromatic N) is 1. The van der Waals surface area contributed by atoms with Gasteiger partial charge in [0.2, 0.25) is 0 Å². The standard InChI is InChI=1S/C8H11NOS/c1-9-5-4-7(10)8-3-2-6-11-8/h2-3,5-7,10H,4H2,1H3/t7-/m1/s1. The largest absolute Gasteiger partial charge is 0.387 e. The normalized spacial score (nSPS) is 14.0. The highest BCUT2D eigenvalue weighted by molar-refractivity contribution is 7.10. The van der Waals surface area contributed by atoms with E-state index in [1.54, 1.807) is 24.6 Å². The summed E-state index contributed by atoms with van der Waals surface area (Å²) in [4.78, 5) is 4.81. The van der Waals surface area contributed by atoms with Gasteiger partial charge < -0.3 is 10.1 Å². The molecule has 1 aromatic rings. The number of aliphatic imine (C=N–C) groups is 1. The van der Waals surface area contributed by atoms with Crippen molar-refractivity contribution in [3.05, 3.63) is 22.4 Å². The van der Waals surface area contributed by atoms with Crippen LogP contribution in [0, 0.1) is 0 Å². The van der Waals surface area contributed by atoms with Gasteiger partial charge in [0.15, 0.2) is 0 Å². The van der Waals surface area contributed by atoms with Crippen LogP contribution in [0.4, 0.5) is 0 Å². The molecular formula is C8H11NOS. The summed E-state index contributed by atoms with van der Waals surface area (Å²) in [5, 5.41) is 11.4. The van der Waals surface area contributed by atoms with Gasteiger partial charge in [-0.15, -0.1) is 11.3 Å². The second-order valence-electron chi connectivity index (χ2n) is 2.21. The smallest absolute Gasteiger partial charge is 0.0931 e. The lowest BCUT2D eigenvalue weighted by Gasteiger charge is -2.02. The van der Waals surface area contributed by atoms with E-state index in [0.717, 1.165) is 4.88 Å². The summed E-state index contributed by atoms with van der Waals surface area (Å²) in [6, 6.07) is 3.87. The number of hydrogen-bond donors (Lipinski definition) is 1. The maximum absolute atomic E-state index is 9.46. The van der Waals surface area contributed by atoms with Crippen LogP contribution in [0.2, 0.25) is 0 Å². The molecule has 0 spiro atoms. The first-order valence-electron chi connectivity index (χ1n) is 3.46. The Morgan fingerprint density at radius 3 is 3.18 bits per heavy atom. The maximum atomic E-state index is 9.46. The van der Waals surface area contributed by atoms with E-state index in [1.165, 1.54) is 0 Å². The zero-order valence-corrected chi connectivity index (χ0v) is 7.21. The third-order valence-corrected chi connectivity index (χ3v) is 2.36. The number of thiophene rings is 1. The molecular weight excluding hydrogens is 158 g/mol. The predicted molar refractivity (Wildman–Crippen MR) is 48.3 cm³/mol. The molecule has 0 aromatic carbocycles. The van der Waals surface area contributed by atoms with E-state index in [0.29, 0.717) is 6.42 Å². The summed E-state index contributed by atoms with van der Waals surface area (Å²) in [6.07, 6.45) is 1.96. The van der Waals surface area contributed by atoms with Gasteiger partial charge in [-0.1, -0.05) is 6.07 Å². The Bertz CT molecular complexity index is 218. The van der Waals surface area contributed by atoms with Crippen molar-refractivity contribution in [3.8, 4) is 0 Å². The van der Waals surface area contributed by atoms with Crippen LogP contribution in [-0.2, 0) is 0 Å². The van der Waals surface area contributed by atoms with Crippen molar-refractivity contribution >= 4 is 17.6 Å². The molecule has 1 aromatic heterocycles. The van der Waals surface area contributed by atoms with Crippen LogP contribution in [0.15, 0.2) is 22.5 Å². The van der Waals surface area contributed by atoms with Gasteiger partial charge in [-0.2, -0.15) is 0 Å². The second kappa shape index (κ2) is 4.26. The first-order chi connectivity index (χ1) is 5.34. The van der Waals surface area contributed by atoms with Crippen LogP contribution in [0.5, 0.6) is 0 Å². The first-order valence-corrected chi connectivity index (χ1v) is 4.34. The third-order valence-electron chi connectivity index (χ3n) is 1.38. The Morgan fingerprint density at radius 2 is 2.64 bits per heavy atom. The summed E-state index contributed by atoms with van der Waals surface area (Å²) in [5.74, 6) is 0. The van der Waals surface area contributed by atoms with Crippen molar-refractivity contribution in [2.24, 2.45) is 4.99 Å². The molecule has 1 rings (SSSR count). The molecule has 60 valence electrons. The van der Waals surface area contributed by atoms with Gasteiger partial charge in [0.25, 0.3) is 0 Å². The van der Waals surface area contributed by atoms with Gasteiger partial charge in [-0.25, -0.2) is 0 Å². The van der Waals surface area contributed by atoms with Crippen molar-refractivity contribution in [1.29, 1.82) is 0 Å². The van der Waals surface area contributed by atoms with Crippen molar-refractivity contribution in [2.75, 3.05) is 7.05 Å². The Balaban J connectivity index is 2.49. The Kier molecular flexibility index (Phi) is 3.26. The minimum Gasteiger partial charge on any atom is -0.387 e. The highest BCUT2D eigenvalue weighted by atomic mass is 32.1. The molecule has 0 amide bonds. The fourth-order valence-corrected chi connectivity index (χ4v) is 1.53. The van der Waals surface area contributed by atoms with E-state index in [1.807, 2.05) is 17.5 Å². The molecule has 0 radical (unpaired) electrons. The molecule has 2 nitrogen and oxygen atoms in total. The topological polar surface area (TPSA) is 32.6 Å². The fraction of sp³-hybridized carbons (Fsp3) is 0.375. The number of aliphatic hydroxyl groups is 1. The third kappa shape index (κ3) is 2.44. The summed E-state index contributed by atoms with van der Waals surface area (Å²) in [7, 11) is 1.71. The maximum Gasteiger partial charge on any atom is 0.0931 e. The molecule has 0 aliphatic heterocycles. The highest BCUT2D eigenvalue weighted by Gasteiger charge is 2.05. The Morgan fingerprint density at radius 1 is 1.82 bits per heavy atom. The van der Waals surface area contributed by atoms with Crippen LogP contribution in [-0.4, -0.2) is 18.4 Å². The van der Waals surface area contributed by atoms with E-state index < -0.39 is 0 Å². The molecule has 0 bridgehead atoms. The average molecular weight is 169 g/mol.